The molecule has 2 aromatic heterocycles. The second-order valence-electron chi connectivity index (χ2n) is 4.91. The van der Waals surface area contributed by atoms with Gasteiger partial charge in [0, 0.05) is 19.6 Å². The monoisotopic (exact) mass is 278 g/mol. The summed E-state index contributed by atoms with van der Waals surface area (Å²) in [4.78, 5) is 6.56. The van der Waals surface area contributed by atoms with Crippen molar-refractivity contribution in [3.05, 3.63) is 24.5 Å². The molecule has 1 aliphatic rings. The van der Waals surface area contributed by atoms with Gasteiger partial charge in [0.25, 0.3) is 0 Å². The number of morpholine rings is 1. The van der Waals surface area contributed by atoms with Crippen LogP contribution in [0.2, 0.25) is 0 Å². The lowest BCUT2D eigenvalue weighted by Gasteiger charge is -2.30. The van der Waals surface area contributed by atoms with Crippen LogP contribution in [-0.2, 0) is 11.3 Å². The van der Waals surface area contributed by atoms with Crippen molar-refractivity contribution in [3.8, 4) is 11.4 Å². The van der Waals surface area contributed by atoms with E-state index in [2.05, 4.69) is 27.4 Å². The fourth-order valence-electron chi connectivity index (χ4n) is 2.17. The van der Waals surface area contributed by atoms with Crippen molar-refractivity contribution < 1.29 is 13.7 Å². The molecule has 0 saturated carbocycles. The Balaban J connectivity index is 1.47. The Labute approximate surface area is 116 Å². The Kier molecular flexibility index (Phi) is 4.10. The molecule has 7 heteroatoms. The van der Waals surface area contributed by atoms with Crippen LogP contribution in [0.4, 0.5) is 0 Å². The molecule has 3 rings (SSSR count). The summed E-state index contributed by atoms with van der Waals surface area (Å²) < 4.78 is 15.8. The number of ether oxygens (including phenoxy) is 1. The van der Waals surface area contributed by atoms with Crippen LogP contribution in [0.3, 0.4) is 0 Å². The first-order valence-electron chi connectivity index (χ1n) is 6.67. The molecule has 0 radical (unpaired) electrons. The smallest absolute Gasteiger partial charge is 0.240 e. The molecular weight excluding hydrogens is 260 g/mol. The van der Waals surface area contributed by atoms with Crippen LogP contribution < -0.4 is 5.32 Å². The molecular formula is C13H18N4O3. The second-order valence-corrected chi connectivity index (χ2v) is 4.91. The number of hydrogen-bond acceptors (Lipinski definition) is 7. The van der Waals surface area contributed by atoms with E-state index in [-0.39, 0.29) is 6.10 Å². The quantitative estimate of drug-likeness (QED) is 0.864. The molecule has 1 atom stereocenters. The Morgan fingerprint density at radius 2 is 2.45 bits per heavy atom. The van der Waals surface area contributed by atoms with Gasteiger partial charge in [-0.15, -0.1) is 0 Å². The zero-order chi connectivity index (χ0) is 13.8. The number of furan rings is 1. The van der Waals surface area contributed by atoms with Gasteiger partial charge in [-0.05, 0) is 13.1 Å². The summed E-state index contributed by atoms with van der Waals surface area (Å²) in [5, 5.41) is 7.19. The van der Waals surface area contributed by atoms with E-state index in [4.69, 9.17) is 13.7 Å². The summed E-state index contributed by atoms with van der Waals surface area (Å²) in [6.45, 7) is 4.03. The van der Waals surface area contributed by atoms with Gasteiger partial charge < -0.3 is 23.9 Å². The average molecular weight is 278 g/mol. The van der Waals surface area contributed by atoms with Crippen LogP contribution >= 0.6 is 0 Å². The molecule has 1 fully saturated rings. The zero-order valence-corrected chi connectivity index (χ0v) is 11.4. The highest BCUT2D eigenvalue weighted by molar-refractivity contribution is 5.51. The van der Waals surface area contributed by atoms with Crippen LogP contribution in [-0.4, -0.2) is 54.4 Å². The summed E-state index contributed by atoms with van der Waals surface area (Å²) in [7, 11) is 2.10. The first-order chi connectivity index (χ1) is 9.81. The van der Waals surface area contributed by atoms with E-state index in [1.54, 1.807) is 18.6 Å². The summed E-state index contributed by atoms with van der Waals surface area (Å²) >= 11 is 0. The lowest BCUT2D eigenvalue weighted by molar-refractivity contribution is -0.0184. The number of hydrogen-bond donors (Lipinski definition) is 1. The molecule has 108 valence electrons. The highest BCUT2D eigenvalue weighted by atomic mass is 16.5. The second kappa shape index (κ2) is 6.17. The predicted molar refractivity (Wildman–Crippen MR) is 70.9 cm³/mol. The lowest BCUT2D eigenvalue weighted by Crippen LogP contribution is -2.44. The molecule has 1 saturated heterocycles. The molecule has 0 bridgehead atoms. The average Bonchev–Trinajstić information content (AvgIpc) is 3.09. The molecule has 1 N–H and O–H groups in total. The Bertz CT molecular complexity index is 525. The SMILES string of the molecule is CN1CCO[C@@H](CNCc2nc(-c3ccoc3)no2)C1. The normalized spacial score (nSPS) is 20.4. The fraction of sp³-hybridized carbons (Fsp3) is 0.538. The number of nitrogens with zero attached hydrogens (tertiary/aromatic N) is 3. The first-order valence-corrected chi connectivity index (χ1v) is 6.67. The van der Waals surface area contributed by atoms with E-state index in [9.17, 15) is 0 Å². The van der Waals surface area contributed by atoms with Gasteiger partial charge in [-0.25, -0.2) is 0 Å². The van der Waals surface area contributed by atoms with E-state index in [0.29, 0.717) is 18.3 Å². The first kappa shape index (κ1) is 13.3. The van der Waals surface area contributed by atoms with Crippen molar-refractivity contribution in [1.82, 2.24) is 20.4 Å². The molecule has 0 aromatic carbocycles. The third kappa shape index (κ3) is 3.24. The molecule has 0 amide bonds. The maximum absolute atomic E-state index is 5.67. The van der Waals surface area contributed by atoms with Crippen LogP contribution in [0.25, 0.3) is 11.4 Å². The van der Waals surface area contributed by atoms with Crippen molar-refractivity contribution >= 4 is 0 Å². The number of nitrogens with one attached hydrogen (secondary N) is 1. The molecule has 1 aliphatic heterocycles. The zero-order valence-electron chi connectivity index (χ0n) is 11.4. The largest absolute Gasteiger partial charge is 0.472 e. The summed E-state index contributed by atoms with van der Waals surface area (Å²) in [6, 6.07) is 1.80. The van der Waals surface area contributed by atoms with Crippen LogP contribution in [0.15, 0.2) is 27.5 Å². The number of likely N-dealkylation sites (N-methyl/N-ethyl adjacent to an activating group) is 1. The lowest BCUT2D eigenvalue weighted by atomic mass is 10.3. The van der Waals surface area contributed by atoms with Gasteiger partial charge in [0.15, 0.2) is 0 Å². The van der Waals surface area contributed by atoms with E-state index in [1.807, 2.05) is 0 Å². The molecule has 0 spiro atoms. The van der Waals surface area contributed by atoms with Crippen molar-refractivity contribution in [1.29, 1.82) is 0 Å². The molecule has 0 unspecified atom stereocenters. The minimum Gasteiger partial charge on any atom is -0.472 e. The third-order valence-corrected chi connectivity index (χ3v) is 3.24. The van der Waals surface area contributed by atoms with Crippen molar-refractivity contribution in [2.45, 2.75) is 12.6 Å². The van der Waals surface area contributed by atoms with Crippen LogP contribution in [0, 0.1) is 0 Å². The Hall–Kier alpha value is -1.70. The minimum atomic E-state index is 0.213. The maximum Gasteiger partial charge on any atom is 0.240 e. The van der Waals surface area contributed by atoms with Gasteiger partial charge in [0.2, 0.25) is 11.7 Å². The van der Waals surface area contributed by atoms with Crippen LogP contribution in [0.5, 0.6) is 0 Å². The van der Waals surface area contributed by atoms with Gasteiger partial charge in [-0.1, -0.05) is 5.16 Å². The van der Waals surface area contributed by atoms with Gasteiger partial charge in [0.1, 0.15) is 6.26 Å². The topological polar surface area (TPSA) is 76.6 Å². The van der Waals surface area contributed by atoms with Gasteiger partial charge in [-0.3, -0.25) is 0 Å². The van der Waals surface area contributed by atoms with E-state index >= 15 is 0 Å². The highest BCUT2D eigenvalue weighted by Gasteiger charge is 2.17. The molecule has 7 nitrogen and oxygen atoms in total. The van der Waals surface area contributed by atoms with E-state index in [0.717, 1.165) is 31.8 Å². The Morgan fingerprint density at radius 1 is 1.50 bits per heavy atom. The van der Waals surface area contributed by atoms with Gasteiger partial charge in [0.05, 0.1) is 31.1 Å². The summed E-state index contributed by atoms with van der Waals surface area (Å²) in [5.74, 6) is 1.11. The van der Waals surface area contributed by atoms with Crippen LogP contribution in [0.1, 0.15) is 5.89 Å². The molecule has 20 heavy (non-hydrogen) atoms. The van der Waals surface area contributed by atoms with E-state index < -0.39 is 0 Å². The summed E-state index contributed by atoms with van der Waals surface area (Å²) in [5.41, 5.74) is 0.817. The van der Waals surface area contributed by atoms with Crippen molar-refractivity contribution in [3.63, 3.8) is 0 Å². The van der Waals surface area contributed by atoms with Gasteiger partial charge >= 0.3 is 0 Å². The molecule has 3 heterocycles. The number of aromatic nitrogens is 2. The van der Waals surface area contributed by atoms with Crippen molar-refractivity contribution in [2.24, 2.45) is 0 Å². The van der Waals surface area contributed by atoms with Gasteiger partial charge in [-0.2, -0.15) is 4.98 Å². The predicted octanol–water partition coefficient (Wildman–Crippen LogP) is 0.750. The highest BCUT2D eigenvalue weighted by Crippen LogP contribution is 2.15. The minimum absolute atomic E-state index is 0.213. The van der Waals surface area contributed by atoms with E-state index in [1.165, 1.54) is 0 Å². The standard InChI is InChI=1S/C13H18N4O3/c1-17-3-5-19-11(8-17)6-14-7-12-15-13(16-20-12)10-2-4-18-9-10/h2,4,9,11,14H,3,5-8H2,1H3/t11-/m0/s1. The summed E-state index contributed by atoms with van der Waals surface area (Å²) in [6.07, 6.45) is 3.39. The van der Waals surface area contributed by atoms with Crippen molar-refractivity contribution in [2.75, 3.05) is 33.3 Å². The Morgan fingerprint density at radius 3 is 3.25 bits per heavy atom. The maximum atomic E-state index is 5.67. The fourth-order valence-corrected chi connectivity index (χ4v) is 2.17. The molecule has 0 aliphatic carbocycles. The number of rotatable bonds is 5. The third-order valence-electron chi connectivity index (χ3n) is 3.24. The molecule has 2 aromatic rings.